The van der Waals surface area contributed by atoms with Gasteiger partial charge in [0.2, 0.25) is 0 Å². The van der Waals surface area contributed by atoms with Gasteiger partial charge in [0.05, 0.1) is 0 Å². The molecule has 0 aliphatic carbocycles. The van der Waals surface area contributed by atoms with Crippen LogP contribution >= 0.6 is 11.8 Å². The van der Waals surface area contributed by atoms with Gasteiger partial charge in [-0.1, -0.05) is 39.0 Å². The number of rotatable bonds is 9. The number of carbonyl (C=O) groups is 1. The highest BCUT2D eigenvalue weighted by Crippen LogP contribution is 2.19. The van der Waals surface area contributed by atoms with Gasteiger partial charge in [0.1, 0.15) is 5.69 Å². The Morgan fingerprint density at radius 1 is 1.22 bits per heavy atom. The maximum Gasteiger partial charge on any atom is 0.354 e. The van der Waals surface area contributed by atoms with Crippen molar-refractivity contribution in [2.75, 3.05) is 5.75 Å². The number of nitrogens with zero attached hydrogens (tertiary/aromatic N) is 1. The summed E-state index contributed by atoms with van der Waals surface area (Å²) in [6, 6.07) is 3.39. The molecule has 0 aliphatic rings. The van der Waals surface area contributed by atoms with E-state index in [1.54, 1.807) is 24.0 Å². The standard InChI is InChI=1S/C14H21NO2S/c1-2-3-4-5-6-7-10-18-12-8-9-13(14(16)17)15-11-12/h8-9,11H,2-7,10H2,1H3,(H,16,17). The topological polar surface area (TPSA) is 50.2 Å². The summed E-state index contributed by atoms with van der Waals surface area (Å²) in [4.78, 5) is 15.6. The second-order valence-corrected chi connectivity index (χ2v) is 5.47. The van der Waals surface area contributed by atoms with Gasteiger partial charge in [0, 0.05) is 11.1 Å². The molecular formula is C14H21NO2S. The second-order valence-electron chi connectivity index (χ2n) is 4.30. The second kappa shape index (κ2) is 8.97. The van der Waals surface area contributed by atoms with Crippen molar-refractivity contribution in [3.8, 4) is 0 Å². The average molecular weight is 267 g/mol. The summed E-state index contributed by atoms with van der Waals surface area (Å²) in [5.41, 5.74) is 0.110. The summed E-state index contributed by atoms with van der Waals surface area (Å²) in [5, 5.41) is 8.72. The van der Waals surface area contributed by atoms with Crippen LogP contribution in [0.1, 0.15) is 55.9 Å². The van der Waals surface area contributed by atoms with Crippen molar-refractivity contribution in [1.29, 1.82) is 0 Å². The van der Waals surface area contributed by atoms with E-state index in [1.807, 2.05) is 6.07 Å². The largest absolute Gasteiger partial charge is 0.477 e. The summed E-state index contributed by atoms with van der Waals surface area (Å²) in [6.45, 7) is 2.23. The molecule has 0 atom stereocenters. The maximum absolute atomic E-state index is 10.6. The molecule has 0 saturated heterocycles. The molecule has 0 radical (unpaired) electrons. The van der Waals surface area contributed by atoms with E-state index in [4.69, 9.17) is 5.11 Å². The summed E-state index contributed by atoms with van der Waals surface area (Å²) in [6.07, 6.45) is 9.44. The monoisotopic (exact) mass is 267 g/mol. The molecule has 0 fully saturated rings. The zero-order valence-corrected chi connectivity index (χ0v) is 11.7. The van der Waals surface area contributed by atoms with E-state index in [1.165, 1.54) is 38.5 Å². The minimum absolute atomic E-state index is 0.110. The number of carboxylic acid groups (broad SMARTS) is 1. The molecule has 0 aromatic carbocycles. The smallest absolute Gasteiger partial charge is 0.354 e. The molecular weight excluding hydrogens is 246 g/mol. The van der Waals surface area contributed by atoms with Gasteiger partial charge in [-0.2, -0.15) is 0 Å². The first kappa shape index (κ1) is 15.0. The van der Waals surface area contributed by atoms with Crippen LogP contribution in [0.2, 0.25) is 0 Å². The number of hydrogen-bond acceptors (Lipinski definition) is 3. The molecule has 0 spiro atoms. The van der Waals surface area contributed by atoms with Crippen LogP contribution in [0.4, 0.5) is 0 Å². The average Bonchev–Trinajstić information content (AvgIpc) is 2.38. The lowest BCUT2D eigenvalue weighted by Crippen LogP contribution is -1.98. The summed E-state index contributed by atoms with van der Waals surface area (Å²) in [7, 11) is 0. The minimum atomic E-state index is -0.970. The molecule has 0 saturated carbocycles. The Morgan fingerprint density at radius 3 is 2.56 bits per heavy atom. The third kappa shape index (κ3) is 6.05. The zero-order chi connectivity index (χ0) is 13.2. The first-order valence-electron chi connectivity index (χ1n) is 6.56. The molecule has 1 heterocycles. The Bertz CT molecular complexity index is 351. The summed E-state index contributed by atoms with van der Waals surface area (Å²) in [5.74, 6) is 0.114. The van der Waals surface area contributed by atoms with Gasteiger partial charge in [-0.3, -0.25) is 0 Å². The van der Waals surface area contributed by atoms with Crippen LogP contribution in [-0.4, -0.2) is 21.8 Å². The van der Waals surface area contributed by atoms with E-state index in [-0.39, 0.29) is 5.69 Å². The van der Waals surface area contributed by atoms with E-state index >= 15 is 0 Å². The summed E-state index contributed by atoms with van der Waals surface area (Å²) < 4.78 is 0. The maximum atomic E-state index is 10.6. The molecule has 1 rings (SSSR count). The fourth-order valence-electron chi connectivity index (χ4n) is 1.66. The number of hydrogen-bond donors (Lipinski definition) is 1. The molecule has 0 bridgehead atoms. The third-order valence-electron chi connectivity index (χ3n) is 2.72. The van der Waals surface area contributed by atoms with Crippen LogP contribution in [-0.2, 0) is 0 Å². The van der Waals surface area contributed by atoms with Gasteiger partial charge in [0.25, 0.3) is 0 Å². The molecule has 0 amide bonds. The highest BCUT2D eigenvalue weighted by atomic mass is 32.2. The van der Waals surface area contributed by atoms with Crippen molar-refractivity contribution in [3.63, 3.8) is 0 Å². The number of aromatic carboxylic acids is 1. The van der Waals surface area contributed by atoms with Gasteiger partial charge in [-0.25, -0.2) is 9.78 Å². The lowest BCUT2D eigenvalue weighted by atomic mass is 10.1. The van der Waals surface area contributed by atoms with Crippen LogP contribution in [0, 0.1) is 0 Å². The van der Waals surface area contributed by atoms with Gasteiger partial charge in [-0.15, -0.1) is 11.8 Å². The number of thioether (sulfide) groups is 1. The Balaban J connectivity index is 2.14. The zero-order valence-electron chi connectivity index (χ0n) is 10.9. The number of aromatic nitrogens is 1. The Hall–Kier alpha value is -1.03. The van der Waals surface area contributed by atoms with Gasteiger partial charge >= 0.3 is 5.97 Å². The van der Waals surface area contributed by atoms with Crippen LogP contribution in [0.3, 0.4) is 0 Å². The third-order valence-corrected chi connectivity index (χ3v) is 3.79. The highest BCUT2D eigenvalue weighted by molar-refractivity contribution is 7.99. The normalized spacial score (nSPS) is 10.5. The van der Waals surface area contributed by atoms with Crippen LogP contribution < -0.4 is 0 Å². The molecule has 4 heteroatoms. The quantitative estimate of drug-likeness (QED) is 0.537. The van der Waals surface area contributed by atoms with Gasteiger partial charge in [0.15, 0.2) is 0 Å². The molecule has 3 nitrogen and oxygen atoms in total. The Morgan fingerprint density at radius 2 is 1.94 bits per heavy atom. The summed E-state index contributed by atoms with van der Waals surface area (Å²) >= 11 is 1.75. The first-order chi connectivity index (χ1) is 8.74. The lowest BCUT2D eigenvalue weighted by Gasteiger charge is -2.02. The van der Waals surface area contributed by atoms with E-state index < -0.39 is 5.97 Å². The molecule has 1 aromatic heterocycles. The predicted octanol–water partition coefficient (Wildman–Crippen LogP) is 4.23. The van der Waals surface area contributed by atoms with E-state index in [9.17, 15) is 4.79 Å². The van der Waals surface area contributed by atoms with Gasteiger partial charge in [-0.05, 0) is 24.3 Å². The first-order valence-corrected chi connectivity index (χ1v) is 7.54. The van der Waals surface area contributed by atoms with E-state index in [2.05, 4.69) is 11.9 Å². The molecule has 0 unspecified atom stereocenters. The van der Waals surface area contributed by atoms with Crippen LogP contribution in [0.5, 0.6) is 0 Å². The van der Waals surface area contributed by atoms with Crippen LogP contribution in [0.25, 0.3) is 0 Å². The minimum Gasteiger partial charge on any atom is -0.477 e. The molecule has 1 aromatic rings. The fourth-order valence-corrected chi connectivity index (χ4v) is 2.54. The lowest BCUT2D eigenvalue weighted by molar-refractivity contribution is 0.0690. The SMILES string of the molecule is CCCCCCCCSc1ccc(C(=O)O)nc1. The predicted molar refractivity (Wildman–Crippen MR) is 75.3 cm³/mol. The molecule has 1 N–H and O–H groups in total. The van der Waals surface area contributed by atoms with Gasteiger partial charge < -0.3 is 5.11 Å². The molecule has 0 aliphatic heterocycles. The van der Waals surface area contributed by atoms with Crippen molar-refractivity contribution in [1.82, 2.24) is 4.98 Å². The van der Waals surface area contributed by atoms with E-state index in [0.717, 1.165) is 10.6 Å². The Labute approximate surface area is 113 Å². The van der Waals surface area contributed by atoms with Crippen molar-refractivity contribution in [2.24, 2.45) is 0 Å². The van der Waals surface area contributed by atoms with E-state index in [0.29, 0.717) is 0 Å². The number of unbranched alkanes of at least 4 members (excludes halogenated alkanes) is 5. The number of pyridine rings is 1. The Kier molecular flexibility index (Phi) is 7.49. The van der Waals surface area contributed by atoms with Crippen molar-refractivity contribution in [2.45, 2.75) is 50.3 Å². The number of carboxylic acids is 1. The van der Waals surface area contributed by atoms with Crippen molar-refractivity contribution >= 4 is 17.7 Å². The highest BCUT2D eigenvalue weighted by Gasteiger charge is 2.03. The molecule has 100 valence electrons. The van der Waals surface area contributed by atoms with Crippen molar-refractivity contribution < 1.29 is 9.90 Å². The van der Waals surface area contributed by atoms with Crippen molar-refractivity contribution in [3.05, 3.63) is 24.0 Å². The fraction of sp³-hybridized carbons (Fsp3) is 0.571. The van der Waals surface area contributed by atoms with Crippen LogP contribution in [0.15, 0.2) is 23.2 Å². The molecule has 18 heavy (non-hydrogen) atoms.